The maximum absolute atomic E-state index is 13.6. The highest BCUT2D eigenvalue weighted by Crippen LogP contribution is 2.37. The second-order valence-corrected chi connectivity index (χ2v) is 10.4. The number of benzene rings is 5. The van der Waals surface area contributed by atoms with Crippen LogP contribution in [0.1, 0.15) is 72.0 Å². The first-order valence-corrected chi connectivity index (χ1v) is 13.7. The van der Waals surface area contributed by atoms with Gasteiger partial charge >= 0.3 is 0 Å². The van der Waals surface area contributed by atoms with Gasteiger partial charge in [0, 0.05) is 50.7 Å². The maximum atomic E-state index is 13.6. The van der Waals surface area contributed by atoms with Gasteiger partial charge in [0.05, 0.1) is 11.0 Å². The SMILES string of the molecule is CC(=O)c1cc(C(=O)c2ccccc2)cc2c3cc(C(=O)c4ccccc4)cc(C(C)=O)c3n(Cc3ccccc3)c12. The molecule has 1 aromatic heterocycles. The molecule has 204 valence electrons. The van der Waals surface area contributed by atoms with Crippen LogP contribution in [0.2, 0.25) is 0 Å². The summed E-state index contributed by atoms with van der Waals surface area (Å²) in [5.74, 6) is -0.839. The van der Waals surface area contributed by atoms with Crippen molar-refractivity contribution in [1.82, 2.24) is 4.57 Å². The number of hydrogen-bond donors (Lipinski definition) is 0. The zero-order valence-electron chi connectivity index (χ0n) is 23.3. The fourth-order valence-electron chi connectivity index (χ4n) is 5.61. The smallest absolute Gasteiger partial charge is 0.193 e. The van der Waals surface area contributed by atoms with Crippen LogP contribution in [0.15, 0.2) is 115 Å². The summed E-state index contributed by atoms with van der Waals surface area (Å²) in [7, 11) is 0. The van der Waals surface area contributed by atoms with E-state index in [2.05, 4.69) is 0 Å². The van der Waals surface area contributed by atoms with Gasteiger partial charge in [-0.1, -0.05) is 91.0 Å². The number of nitrogens with zero attached hydrogens (tertiary/aromatic N) is 1. The Labute approximate surface area is 243 Å². The second-order valence-electron chi connectivity index (χ2n) is 10.4. The molecule has 0 aliphatic carbocycles. The molecule has 0 saturated heterocycles. The van der Waals surface area contributed by atoms with E-state index in [1.165, 1.54) is 13.8 Å². The average molecular weight is 550 g/mol. The molecule has 0 amide bonds. The minimum atomic E-state index is -0.215. The highest BCUT2D eigenvalue weighted by molar-refractivity contribution is 6.24. The van der Waals surface area contributed by atoms with E-state index in [0.717, 1.165) is 5.56 Å². The summed E-state index contributed by atoms with van der Waals surface area (Å²) in [4.78, 5) is 53.6. The van der Waals surface area contributed by atoms with Crippen LogP contribution < -0.4 is 0 Å². The lowest BCUT2D eigenvalue weighted by Crippen LogP contribution is -2.09. The second kappa shape index (κ2) is 10.9. The molecular weight excluding hydrogens is 522 g/mol. The largest absolute Gasteiger partial charge is 0.335 e. The number of carbonyl (C=O) groups excluding carboxylic acids is 4. The topological polar surface area (TPSA) is 73.2 Å². The van der Waals surface area contributed by atoms with E-state index in [9.17, 15) is 19.2 Å². The molecule has 0 N–H and O–H groups in total. The Balaban J connectivity index is 1.72. The number of fused-ring (bicyclic) bond motifs is 3. The first kappa shape index (κ1) is 26.8. The van der Waals surface area contributed by atoms with Gasteiger partial charge in [-0.15, -0.1) is 0 Å². The van der Waals surface area contributed by atoms with E-state index in [1.807, 2.05) is 47.0 Å². The Morgan fingerprint density at radius 2 is 0.881 bits per heavy atom. The van der Waals surface area contributed by atoms with Gasteiger partial charge in [0.15, 0.2) is 23.1 Å². The highest BCUT2D eigenvalue weighted by atomic mass is 16.1. The minimum Gasteiger partial charge on any atom is -0.335 e. The molecule has 42 heavy (non-hydrogen) atoms. The number of Topliss-reactive ketones (excluding diaryl/α,β-unsaturated/α-hetero) is 2. The zero-order valence-corrected chi connectivity index (χ0v) is 23.3. The van der Waals surface area contributed by atoms with Gasteiger partial charge in [-0.25, -0.2) is 0 Å². The molecule has 0 aliphatic rings. The van der Waals surface area contributed by atoms with Crippen LogP contribution in [-0.4, -0.2) is 27.7 Å². The van der Waals surface area contributed by atoms with Gasteiger partial charge in [-0.05, 0) is 43.7 Å². The Morgan fingerprint density at radius 1 is 0.500 bits per heavy atom. The summed E-state index contributed by atoms with van der Waals surface area (Å²) in [5.41, 5.74) is 4.72. The molecule has 0 fully saturated rings. The van der Waals surface area contributed by atoms with Crippen molar-refractivity contribution in [2.75, 3.05) is 0 Å². The molecule has 0 radical (unpaired) electrons. The lowest BCUT2D eigenvalue weighted by atomic mass is 9.94. The van der Waals surface area contributed by atoms with E-state index in [1.54, 1.807) is 72.8 Å². The van der Waals surface area contributed by atoms with Crippen LogP contribution in [0.3, 0.4) is 0 Å². The fourth-order valence-corrected chi connectivity index (χ4v) is 5.61. The molecule has 0 bridgehead atoms. The summed E-state index contributed by atoms with van der Waals surface area (Å²) in [5, 5.41) is 1.27. The normalized spacial score (nSPS) is 11.1. The van der Waals surface area contributed by atoms with E-state index in [-0.39, 0.29) is 23.1 Å². The number of ketones is 4. The first-order valence-electron chi connectivity index (χ1n) is 13.7. The number of carbonyl (C=O) groups is 4. The van der Waals surface area contributed by atoms with Crippen molar-refractivity contribution < 1.29 is 19.2 Å². The molecular formula is C37H27NO4. The lowest BCUT2D eigenvalue weighted by Gasteiger charge is -2.13. The van der Waals surface area contributed by atoms with Crippen LogP contribution in [0, 0.1) is 0 Å². The van der Waals surface area contributed by atoms with Crippen LogP contribution in [0.25, 0.3) is 21.8 Å². The van der Waals surface area contributed by atoms with Crippen molar-refractivity contribution >= 4 is 44.9 Å². The quantitative estimate of drug-likeness (QED) is 0.182. The van der Waals surface area contributed by atoms with Crippen molar-refractivity contribution in [3.8, 4) is 0 Å². The Bertz CT molecular complexity index is 1890. The molecule has 5 nitrogen and oxygen atoms in total. The summed E-state index contributed by atoms with van der Waals surface area (Å²) in [6, 6.07) is 34.4. The van der Waals surface area contributed by atoms with E-state index in [0.29, 0.717) is 61.7 Å². The minimum absolute atomic E-state index is 0.204. The molecule has 0 unspecified atom stereocenters. The van der Waals surface area contributed by atoms with Gasteiger partial charge in [0.2, 0.25) is 0 Å². The fraction of sp³-hybridized carbons (Fsp3) is 0.0811. The summed E-state index contributed by atoms with van der Waals surface area (Å²) >= 11 is 0. The third kappa shape index (κ3) is 4.75. The summed E-state index contributed by atoms with van der Waals surface area (Å²) in [6.45, 7) is 3.35. The Morgan fingerprint density at radius 3 is 1.26 bits per heavy atom. The molecule has 5 heteroatoms. The maximum Gasteiger partial charge on any atom is 0.193 e. The van der Waals surface area contributed by atoms with Gasteiger partial charge in [-0.2, -0.15) is 0 Å². The van der Waals surface area contributed by atoms with Crippen LogP contribution in [0.5, 0.6) is 0 Å². The highest BCUT2D eigenvalue weighted by Gasteiger charge is 2.25. The lowest BCUT2D eigenvalue weighted by molar-refractivity contribution is 0.100. The Hall–Kier alpha value is -5.42. The first-order chi connectivity index (χ1) is 20.3. The Kier molecular flexibility index (Phi) is 6.93. The molecule has 6 rings (SSSR count). The monoisotopic (exact) mass is 549 g/mol. The molecule has 0 spiro atoms. The van der Waals surface area contributed by atoms with E-state index < -0.39 is 0 Å². The molecule has 6 aromatic rings. The number of rotatable bonds is 8. The summed E-state index contributed by atoms with van der Waals surface area (Å²) in [6.07, 6.45) is 0. The van der Waals surface area contributed by atoms with Gasteiger partial charge in [0.1, 0.15) is 0 Å². The number of aromatic nitrogens is 1. The van der Waals surface area contributed by atoms with E-state index >= 15 is 0 Å². The third-order valence-corrected chi connectivity index (χ3v) is 7.59. The van der Waals surface area contributed by atoms with Crippen molar-refractivity contribution in [3.63, 3.8) is 0 Å². The standard InChI is InChI=1S/C37H27NO4/c1-23(39)30-18-28(36(41)26-14-8-4-9-15-26)20-32-33-21-29(37(42)27-16-10-5-11-17-27)19-31(24(2)40)35(33)38(34(30)32)22-25-12-6-3-7-13-25/h3-21H,22H2,1-2H3. The van der Waals surface area contributed by atoms with Crippen molar-refractivity contribution in [2.45, 2.75) is 20.4 Å². The van der Waals surface area contributed by atoms with Crippen molar-refractivity contribution in [2.24, 2.45) is 0 Å². The van der Waals surface area contributed by atoms with Gasteiger partial charge in [0.25, 0.3) is 0 Å². The molecule has 0 atom stereocenters. The third-order valence-electron chi connectivity index (χ3n) is 7.59. The van der Waals surface area contributed by atoms with E-state index in [4.69, 9.17) is 0 Å². The zero-order chi connectivity index (χ0) is 29.4. The van der Waals surface area contributed by atoms with Gasteiger partial charge in [-0.3, -0.25) is 19.2 Å². The van der Waals surface area contributed by atoms with Crippen LogP contribution >= 0.6 is 0 Å². The van der Waals surface area contributed by atoms with Crippen LogP contribution in [-0.2, 0) is 6.54 Å². The predicted octanol–water partition coefficient (Wildman–Crippen LogP) is 7.71. The molecule has 1 heterocycles. The summed E-state index contributed by atoms with van der Waals surface area (Å²) < 4.78 is 1.97. The van der Waals surface area contributed by atoms with Gasteiger partial charge < -0.3 is 4.57 Å². The van der Waals surface area contributed by atoms with Crippen molar-refractivity contribution in [1.29, 1.82) is 0 Å². The van der Waals surface area contributed by atoms with Crippen LogP contribution in [0.4, 0.5) is 0 Å². The predicted molar refractivity (Wildman–Crippen MR) is 165 cm³/mol. The van der Waals surface area contributed by atoms with Crippen molar-refractivity contribution in [3.05, 3.63) is 154 Å². The molecule has 0 saturated carbocycles. The molecule has 0 aliphatic heterocycles. The number of hydrogen-bond acceptors (Lipinski definition) is 4. The molecule has 5 aromatic carbocycles. The average Bonchev–Trinajstić information content (AvgIpc) is 3.33.